The molecular weight excluding hydrogens is 360 g/mol. The molecule has 0 aliphatic heterocycles. The Bertz CT molecular complexity index is 907. The zero-order valence-corrected chi connectivity index (χ0v) is 17.4. The van der Waals surface area contributed by atoms with E-state index in [2.05, 4.69) is 19.2 Å². The lowest BCUT2D eigenvalue weighted by Crippen LogP contribution is -2.47. The lowest BCUT2D eigenvalue weighted by molar-refractivity contribution is -0.117. The molecule has 5 nitrogen and oxygen atoms in total. The number of hydrogen-bond donors (Lipinski definition) is 1. The van der Waals surface area contributed by atoms with Crippen molar-refractivity contribution < 1.29 is 13.2 Å². The number of hydrogen-bond acceptors (Lipinski definition) is 3. The highest BCUT2D eigenvalue weighted by molar-refractivity contribution is 7.92. The minimum atomic E-state index is -3.64. The number of para-hydroxylation sites is 1. The Morgan fingerprint density at radius 1 is 1.11 bits per heavy atom. The van der Waals surface area contributed by atoms with Gasteiger partial charge >= 0.3 is 0 Å². The van der Waals surface area contributed by atoms with E-state index >= 15 is 0 Å². The number of carbonyl (C=O) groups excluding carboxylic acids is 1. The number of benzene rings is 2. The molecule has 146 valence electrons. The summed E-state index contributed by atoms with van der Waals surface area (Å²) in [6.45, 7) is 7.81. The second-order valence-electron chi connectivity index (χ2n) is 7.05. The summed E-state index contributed by atoms with van der Waals surface area (Å²) in [4.78, 5) is 13.0. The maximum Gasteiger partial charge on any atom is 0.248 e. The van der Waals surface area contributed by atoms with E-state index in [1.54, 1.807) is 18.2 Å². The van der Waals surface area contributed by atoms with Gasteiger partial charge in [0.2, 0.25) is 15.9 Å². The fourth-order valence-corrected chi connectivity index (χ4v) is 4.36. The van der Waals surface area contributed by atoms with Crippen molar-refractivity contribution in [3.8, 4) is 0 Å². The van der Waals surface area contributed by atoms with Crippen LogP contribution in [0.3, 0.4) is 0 Å². The normalized spacial score (nSPS) is 12.7. The molecule has 0 aromatic heterocycles. The second-order valence-corrected chi connectivity index (χ2v) is 8.91. The quantitative estimate of drug-likeness (QED) is 0.769. The fraction of sp³-hybridized carbons (Fsp3) is 0.381. The predicted molar refractivity (Wildman–Crippen MR) is 112 cm³/mol. The lowest BCUT2D eigenvalue weighted by atomic mass is 10.0. The van der Waals surface area contributed by atoms with Gasteiger partial charge in [0.25, 0.3) is 0 Å². The average molecular weight is 389 g/mol. The standard InChI is InChI=1S/C21H28N2O3S/c1-6-20(21(24)22-19-13-8-7-12-18(19)15(2)3)23(27(5,25)26)17-11-9-10-16(4)14-17/h7-15,20H,6H2,1-5H3,(H,22,24). The molecule has 27 heavy (non-hydrogen) atoms. The van der Waals surface area contributed by atoms with Crippen molar-refractivity contribution in [3.63, 3.8) is 0 Å². The number of rotatable bonds is 7. The first-order valence-corrected chi connectivity index (χ1v) is 11.0. The van der Waals surface area contributed by atoms with Crippen LogP contribution in [0.5, 0.6) is 0 Å². The van der Waals surface area contributed by atoms with Gasteiger partial charge in [-0.15, -0.1) is 0 Å². The first-order chi connectivity index (χ1) is 12.6. The molecule has 1 unspecified atom stereocenters. The van der Waals surface area contributed by atoms with Crippen LogP contribution >= 0.6 is 0 Å². The number of nitrogens with one attached hydrogen (secondary N) is 1. The van der Waals surface area contributed by atoms with E-state index in [1.807, 2.05) is 44.2 Å². The first-order valence-electron chi connectivity index (χ1n) is 9.11. The van der Waals surface area contributed by atoms with Gasteiger partial charge in [-0.25, -0.2) is 8.42 Å². The van der Waals surface area contributed by atoms with Crippen LogP contribution in [0.1, 0.15) is 44.2 Å². The Hall–Kier alpha value is -2.34. The largest absolute Gasteiger partial charge is 0.324 e. The van der Waals surface area contributed by atoms with Crippen LogP contribution in [0.15, 0.2) is 48.5 Å². The third-order valence-electron chi connectivity index (χ3n) is 4.43. The van der Waals surface area contributed by atoms with Crippen LogP contribution in [0.25, 0.3) is 0 Å². The fourth-order valence-electron chi connectivity index (χ4n) is 3.16. The van der Waals surface area contributed by atoms with E-state index in [1.165, 1.54) is 4.31 Å². The molecule has 0 aliphatic rings. The topological polar surface area (TPSA) is 66.5 Å². The number of sulfonamides is 1. The monoisotopic (exact) mass is 388 g/mol. The van der Waals surface area contributed by atoms with Crippen LogP contribution in [0, 0.1) is 6.92 Å². The van der Waals surface area contributed by atoms with Gasteiger partial charge in [0.05, 0.1) is 11.9 Å². The number of anilines is 2. The highest BCUT2D eigenvalue weighted by Crippen LogP contribution is 2.27. The maximum atomic E-state index is 13.0. The summed E-state index contributed by atoms with van der Waals surface area (Å²) < 4.78 is 26.3. The van der Waals surface area contributed by atoms with E-state index in [4.69, 9.17) is 0 Å². The van der Waals surface area contributed by atoms with Crippen molar-refractivity contribution in [2.45, 2.75) is 46.1 Å². The van der Waals surface area contributed by atoms with E-state index in [0.29, 0.717) is 17.8 Å². The Labute approximate surface area is 162 Å². The summed E-state index contributed by atoms with van der Waals surface area (Å²) >= 11 is 0. The predicted octanol–water partition coefficient (Wildman–Crippen LogP) is 4.30. The van der Waals surface area contributed by atoms with Crippen LogP contribution in [-0.2, 0) is 14.8 Å². The van der Waals surface area contributed by atoms with E-state index in [0.717, 1.165) is 17.4 Å². The van der Waals surface area contributed by atoms with Crippen LogP contribution < -0.4 is 9.62 Å². The van der Waals surface area contributed by atoms with Crippen LogP contribution in [0.2, 0.25) is 0 Å². The molecule has 2 aromatic carbocycles. The van der Waals surface area contributed by atoms with Crippen molar-refractivity contribution in [2.24, 2.45) is 0 Å². The highest BCUT2D eigenvalue weighted by Gasteiger charge is 2.31. The molecule has 0 fully saturated rings. The molecule has 1 atom stereocenters. The lowest BCUT2D eigenvalue weighted by Gasteiger charge is -2.30. The van der Waals surface area contributed by atoms with Crippen molar-refractivity contribution in [3.05, 3.63) is 59.7 Å². The van der Waals surface area contributed by atoms with Gasteiger partial charge in [0, 0.05) is 5.69 Å². The summed E-state index contributed by atoms with van der Waals surface area (Å²) in [5, 5.41) is 2.93. The Morgan fingerprint density at radius 3 is 2.33 bits per heavy atom. The van der Waals surface area contributed by atoms with E-state index in [9.17, 15) is 13.2 Å². The number of aryl methyl sites for hydroxylation is 1. The maximum absolute atomic E-state index is 13.0. The molecule has 1 amide bonds. The van der Waals surface area contributed by atoms with Crippen molar-refractivity contribution >= 4 is 27.3 Å². The SMILES string of the molecule is CCC(C(=O)Nc1ccccc1C(C)C)N(c1cccc(C)c1)S(C)(=O)=O. The molecule has 2 aromatic rings. The van der Waals surface area contributed by atoms with Gasteiger partial charge in [-0.1, -0.05) is 51.1 Å². The van der Waals surface area contributed by atoms with E-state index in [-0.39, 0.29) is 11.8 Å². The van der Waals surface area contributed by atoms with Gasteiger partial charge in [-0.3, -0.25) is 9.10 Å². The number of amides is 1. The first kappa shape index (κ1) is 21.0. The van der Waals surface area contributed by atoms with Crippen molar-refractivity contribution in [1.29, 1.82) is 0 Å². The molecule has 0 heterocycles. The Balaban J connectivity index is 2.41. The number of nitrogens with zero attached hydrogens (tertiary/aromatic N) is 1. The molecule has 0 aliphatic carbocycles. The second kappa shape index (κ2) is 8.57. The zero-order chi connectivity index (χ0) is 20.2. The van der Waals surface area contributed by atoms with E-state index < -0.39 is 16.1 Å². The average Bonchev–Trinajstić information content (AvgIpc) is 2.58. The molecule has 2 rings (SSSR count). The minimum Gasteiger partial charge on any atom is -0.324 e. The van der Waals surface area contributed by atoms with Gasteiger partial charge in [-0.2, -0.15) is 0 Å². The third-order valence-corrected chi connectivity index (χ3v) is 5.61. The highest BCUT2D eigenvalue weighted by atomic mass is 32.2. The summed E-state index contributed by atoms with van der Waals surface area (Å²) in [6, 6.07) is 13.9. The van der Waals surface area contributed by atoms with Gasteiger partial charge in [0.15, 0.2) is 0 Å². The molecule has 0 spiro atoms. The Kier molecular flexibility index (Phi) is 6.65. The van der Waals surface area contributed by atoms with Crippen LogP contribution in [0.4, 0.5) is 11.4 Å². The summed E-state index contributed by atoms with van der Waals surface area (Å²) in [6.07, 6.45) is 1.49. The molecule has 0 radical (unpaired) electrons. The van der Waals surface area contributed by atoms with Gasteiger partial charge in [-0.05, 0) is 48.6 Å². The minimum absolute atomic E-state index is 0.240. The Morgan fingerprint density at radius 2 is 1.78 bits per heavy atom. The van der Waals surface area contributed by atoms with Gasteiger partial charge in [0.1, 0.15) is 6.04 Å². The summed E-state index contributed by atoms with van der Waals surface area (Å²) in [5.41, 5.74) is 3.16. The van der Waals surface area contributed by atoms with Crippen molar-refractivity contribution in [1.82, 2.24) is 0 Å². The molecule has 0 saturated heterocycles. The molecule has 1 N–H and O–H groups in total. The number of carbonyl (C=O) groups is 1. The third kappa shape index (κ3) is 5.10. The van der Waals surface area contributed by atoms with Crippen molar-refractivity contribution in [2.75, 3.05) is 15.9 Å². The summed E-state index contributed by atoms with van der Waals surface area (Å²) in [5.74, 6) is -0.0955. The zero-order valence-electron chi connectivity index (χ0n) is 16.6. The molecule has 0 saturated carbocycles. The molecule has 6 heteroatoms. The van der Waals surface area contributed by atoms with Crippen LogP contribution in [-0.4, -0.2) is 26.6 Å². The van der Waals surface area contributed by atoms with Gasteiger partial charge < -0.3 is 5.32 Å². The molecule has 0 bridgehead atoms. The smallest absolute Gasteiger partial charge is 0.248 e. The molecular formula is C21H28N2O3S. The summed E-state index contributed by atoms with van der Waals surface area (Å²) in [7, 11) is -3.64.